The van der Waals surface area contributed by atoms with Gasteiger partial charge >= 0.3 is 5.97 Å². The summed E-state index contributed by atoms with van der Waals surface area (Å²) in [5.41, 5.74) is 0.138. The Morgan fingerprint density at radius 2 is 2.00 bits per heavy atom. The molecule has 20 heavy (non-hydrogen) atoms. The number of carboxylic acids is 1. The van der Waals surface area contributed by atoms with Crippen molar-refractivity contribution >= 4 is 12.0 Å². The van der Waals surface area contributed by atoms with Crippen LogP contribution in [0.1, 0.15) is 53.0 Å². The van der Waals surface area contributed by atoms with Crippen molar-refractivity contribution < 1.29 is 14.5 Å². The van der Waals surface area contributed by atoms with E-state index in [1.165, 1.54) is 0 Å². The summed E-state index contributed by atoms with van der Waals surface area (Å²) in [5.74, 6) is -0.756. The van der Waals surface area contributed by atoms with Crippen LogP contribution in [-0.4, -0.2) is 11.1 Å². The van der Waals surface area contributed by atoms with E-state index >= 15 is 0 Å². The van der Waals surface area contributed by atoms with Gasteiger partial charge in [-0.1, -0.05) is 19.1 Å². The molecule has 3 heteroatoms. The molecule has 0 saturated heterocycles. The van der Waals surface area contributed by atoms with Crippen LogP contribution >= 0.6 is 0 Å². The van der Waals surface area contributed by atoms with Gasteiger partial charge < -0.3 is 5.11 Å². The summed E-state index contributed by atoms with van der Waals surface area (Å²) in [6.45, 7) is 9.81. The van der Waals surface area contributed by atoms with Crippen molar-refractivity contribution in [1.29, 1.82) is 0 Å². The lowest BCUT2D eigenvalue weighted by Crippen LogP contribution is -2.54. The number of aromatic nitrogens is 1. The highest BCUT2D eigenvalue weighted by Crippen LogP contribution is 2.29. The number of hydrogen-bond acceptors (Lipinski definition) is 1. The predicted octanol–water partition coefficient (Wildman–Crippen LogP) is 3.63. The van der Waals surface area contributed by atoms with Crippen LogP contribution in [0.25, 0.3) is 6.08 Å². The van der Waals surface area contributed by atoms with Crippen LogP contribution in [-0.2, 0) is 10.3 Å². The average Bonchev–Trinajstić information content (AvgIpc) is 2.35. The maximum absolute atomic E-state index is 11.3. The second kappa shape index (κ2) is 6.21. The molecule has 0 amide bonds. The lowest BCUT2D eigenvalue weighted by Gasteiger charge is -2.28. The lowest BCUT2D eigenvalue weighted by atomic mass is 9.80. The van der Waals surface area contributed by atoms with E-state index in [-0.39, 0.29) is 5.54 Å². The molecule has 110 valence electrons. The van der Waals surface area contributed by atoms with Crippen LogP contribution < -0.4 is 4.57 Å². The van der Waals surface area contributed by atoms with Crippen LogP contribution in [0.4, 0.5) is 0 Å². The summed E-state index contributed by atoms with van der Waals surface area (Å²) in [4.78, 5) is 11.3. The highest BCUT2D eigenvalue weighted by molar-refractivity contribution is 5.73. The van der Waals surface area contributed by atoms with Crippen molar-refractivity contribution in [3.05, 3.63) is 36.2 Å². The molecule has 0 atom stereocenters. The van der Waals surface area contributed by atoms with Crippen LogP contribution in [0.15, 0.2) is 30.6 Å². The Morgan fingerprint density at radius 1 is 1.35 bits per heavy atom. The first kappa shape index (κ1) is 16.4. The standard InChI is InChI=1S/C17H25NO2/c1-6-7-9-14-10-8-11-18(12-14)17(4,5)13-16(2,3)15(19)20/h7-12H,6,13H2,1-5H3/p+1/b9-7+. The molecular weight excluding hydrogens is 250 g/mol. The number of aliphatic carboxylic acids is 1. The SMILES string of the molecule is CC/C=C/c1ccc[n+](C(C)(C)CC(C)(C)C(=O)O)c1. The first-order valence-corrected chi connectivity index (χ1v) is 7.11. The van der Waals surface area contributed by atoms with E-state index in [4.69, 9.17) is 0 Å². The molecule has 1 aromatic rings. The Labute approximate surface area is 122 Å². The van der Waals surface area contributed by atoms with Gasteiger partial charge in [0.1, 0.15) is 0 Å². The number of carboxylic acid groups (broad SMARTS) is 1. The molecule has 0 bridgehead atoms. The van der Waals surface area contributed by atoms with Gasteiger partial charge in [-0.15, -0.1) is 0 Å². The third-order valence-corrected chi connectivity index (χ3v) is 3.52. The summed E-state index contributed by atoms with van der Waals surface area (Å²) >= 11 is 0. The molecule has 3 nitrogen and oxygen atoms in total. The maximum atomic E-state index is 11.3. The monoisotopic (exact) mass is 276 g/mol. The highest BCUT2D eigenvalue weighted by atomic mass is 16.4. The lowest BCUT2D eigenvalue weighted by molar-refractivity contribution is -0.760. The van der Waals surface area contributed by atoms with E-state index in [1.54, 1.807) is 13.8 Å². The molecule has 0 spiro atoms. The van der Waals surface area contributed by atoms with Crippen molar-refractivity contribution in [2.24, 2.45) is 5.41 Å². The van der Waals surface area contributed by atoms with Crippen molar-refractivity contribution in [2.45, 2.75) is 53.0 Å². The van der Waals surface area contributed by atoms with E-state index in [2.05, 4.69) is 49.8 Å². The second-order valence-corrected chi connectivity index (χ2v) is 6.53. The Kier molecular flexibility index (Phi) is 5.09. The molecule has 0 fully saturated rings. The molecule has 0 saturated carbocycles. The van der Waals surface area contributed by atoms with Crippen molar-refractivity contribution in [1.82, 2.24) is 0 Å². The van der Waals surface area contributed by atoms with Crippen molar-refractivity contribution in [3.63, 3.8) is 0 Å². The van der Waals surface area contributed by atoms with E-state index < -0.39 is 11.4 Å². The number of pyridine rings is 1. The van der Waals surface area contributed by atoms with Gasteiger partial charge in [0.15, 0.2) is 17.9 Å². The van der Waals surface area contributed by atoms with Crippen molar-refractivity contribution in [3.8, 4) is 0 Å². The van der Waals surface area contributed by atoms with Gasteiger partial charge in [-0.2, -0.15) is 4.57 Å². The molecule has 0 aliphatic rings. The molecule has 1 heterocycles. The minimum Gasteiger partial charge on any atom is -0.481 e. The van der Waals surface area contributed by atoms with Crippen LogP contribution in [0.2, 0.25) is 0 Å². The summed E-state index contributed by atoms with van der Waals surface area (Å²) < 4.78 is 2.10. The van der Waals surface area contributed by atoms with Crippen LogP contribution in [0.3, 0.4) is 0 Å². The Morgan fingerprint density at radius 3 is 2.55 bits per heavy atom. The number of allylic oxidation sites excluding steroid dienone is 1. The zero-order chi connectivity index (χ0) is 15.4. The molecule has 0 aliphatic heterocycles. The summed E-state index contributed by atoms with van der Waals surface area (Å²) in [6, 6.07) is 4.06. The Balaban J connectivity index is 3.03. The zero-order valence-electron chi connectivity index (χ0n) is 13.2. The van der Waals surface area contributed by atoms with Gasteiger partial charge in [-0.25, -0.2) is 0 Å². The minimum atomic E-state index is -0.756. The fourth-order valence-corrected chi connectivity index (χ4v) is 2.47. The third-order valence-electron chi connectivity index (χ3n) is 3.52. The third kappa shape index (κ3) is 4.19. The normalized spacial score (nSPS) is 12.8. The largest absolute Gasteiger partial charge is 0.481 e. The molecular formula is C17H26NO2+. The van der Waals surface area contributed by atoms with E-state index in [1.807, 2.05) is 12.3 Å². The van der Waals surface area contributed by atoms with E-state index in [0.29, 0.717) is 6.42 Å². The topological polar surface area (TPSA) is 41.2 Å². The number of nitrogens with zero attached hydrogens (tertiary/aromatic N) is 1. The molecule has 0 aromatic carbocycles. The molecule has 0 radical (unpaired) electrons. The van der Waals surface area contributed by atoms with Crippen LogP contribution in [0, 0.1) is 5.41 Å². The summed E-state index contributed by atoms with van der Waals surface area (Å²) in [7, 11) is 0. The molecule has 1 aromatic heterocycles. The van der Waals surface area contributed by atoms with Gasteiger partial charge in [0, 0.05) is 31.9 Å². The van der Waals surface area contributed by atoms with Gasteiger partial charge in [0.05, 0.1) is 5.41 Å². The molecule has 0 aliphatic carbocycles. The summed E-state index contributed by atoms with van der Waals surface area (Å²) in [6.07, 6.45) is 9.86. The first-order chi connectivity index (χ1) is 9.19. The fourth-order valence-electron chi connectivity index (χ4n) is 2.47. The van der Waals surface area contributed by atoms with Gasteiger partial charge in [-0.05, 0) is 26.3 Å². The van der Waals surface area contributed by atoms with Crippen LogP contribution in [0.5, 0.6) is 0 Å². The molecule has 1 N–H and O–H groups in total. The Bertz CT molecular complexity index is 501. The minimum absolute atomic E-state index is 0.252. The smallest absolute Gasteiger partial charge is 0.309 e. The van der Waals surface area contributed by atoms with E-state index in [9.17, 15) is 9.90 Å². The number of rotatable bonds is 6. The number of hydrogen-bond donors (Lipinski definition) is 1. The first-order valence-electron chi connectivity index (χ1n) is 7.11. The number of carbonyl (C=O) groups is 1. The Hall–Kier alpha value is -1.64. The second-order valence-electron chi connectivity index (χ2n) is 6.53. The zero-order valence-corrected chi connectivity index (χ0v) is 13.2. The fraction of sp³-hybridized carbons (Fsp3) is 0.529. The quantitative estimate of drug-likeness (QED) is 0.806. The highest BCUT2D eigenvalue weighted by Gasteiger charge is 2.40. The van der Waals surface area contributed by atoms with Crippen molar-refractivity contribution in [2.75, 3.05) is 0 Å². The van der Waals surface area contributed by atoms with Gasteiger partial charge in [0.25, 0.3) is 0 Å². The molecule has 1 rings (SSSR count). The molecule has 0 unspecified atom stereocenters. The average molecular weight is 276 g/mol. The van der Waals surface area contributed by atoms with E-state index in [0.717, 1.165) is 12.0 Å². The van der Waals surface area contributed by atoms with Gasteiger partial charge in [0.2, 0.25) is 0 Å². The predicted molar refractivity (Wildman–Crippen MR) is 81.3 cm³/mol. The summed E-state index contributed by atoms with van der Waals surface area (Å²) in [5, 5.41) is 9.30. The maximum Gasteiger partial charge on any atom is 0.309 e. The van der Waals surface area contributed by atoms with Gasteiger partial charge in [-0.3, -0.25) is 4.79 Å².